The first-order valence-electron chi connectivity index (χ1n) is 8.97. The zero-order valence-corrected chi connectivity index (χ0v) is 33.1. The molecule has 1 N–H and O–H groups in total. The van der Waals surface area contributed by atoms with Crippen molar-refractivity contribution >= 4 is 21.6 Å². The summed E-state index contributed by atoms with van der Waals surface area (Å²) in [7, 11) is -10.7. The Bertz CT molecular complexity index is 1200. The van der Waals surface area contributed by atoms with Gasteiger partial charge in [-0.25, -0.2) is 0 Å². The first-order valence-corrected chi connectivity index (χ1v) is 11.9. The molecule has 0 heterocycles. The summed E-state index contributed by atoms with van der Waals surface area (Å²) in [5.74, 6) is -2.28. The van der Waals surface area contributed by atoms with E-state index >= 15 is 0 Å². The van der Waals surface area contributed by atoms with E-state index in [0.717, 1.165) is 24.3 Å². The summed E-state index contributed by atoms with van der Waals surface area (Å²) in [5.41, 5.74) is -2.63. The van der Waals surface area contributed by atoms with Crippen LogP contribution in [-0.4, -0.2) is 11.1 Å². The molecule has 3 rings (SSSR count). The summed E-state index contributed by atoms with van der Waals surface area (Å²) in [4.78, 5) is 55.0. The van der Waals surface area contributed by atoms with Crippen molar-refractivity contribution < 1.29 is 201 Å². The van der Waals surface area contributed by atoms with E-state index in [1.54, 1.807) is 0 Å². The Hall–Kier alpha value is 1.99. The van der Waals surface area contributed by atoms with Crippen molar-refractivity contribution in [1.82, 2.24) is 0 Å². The van der Waals surface area contributed by atoms with Gasteiger partial charge in [0.05, 0.1) is 5.97 Å². The summed E-state index contributed by atoms with van der Waals surface area (Å²) >= 11 is 0. The number of hydrogen-bond acceptors (Lipinski definition) is 11. The molecule has 0 unspecified atom stereocenters. The van der Waals surface area contributed by atoms with E-state index in [4.69, 9.17) is 0 Å². The Balaban J connectivity index is -0.00000245. The average molecular weight is 606 g/mol. The van der Waals surface area contributed by atoms with Crippen molar-refractivity contribution in [3.8, 4) is 11.5 Å². The summed E-state index contributed by atoms with van der Waals surface area (Å²) in [6.07, 6.45) is 0. The first kappa shape index (κ1) is 44.4. The number of rotatable bonds is 8. The van der Waals surface area contributed by atoms with Crippen LogP contribution in [0, 0.1) is 0 Å². The largest absolute Gasteiger partial charge is 1.00 e. The molecular formula is C20H13Na5O11P2. The van der Waals surface area contributed by atoms with Crippen LogP contribution in [0.15, 0.2) is 72.8 Å². The molecular weight excluding hydrogens is 593 g/mol. The maximum Gasteiger partial charge on any atom is 1.00 e. The number of aromatic carboxylic acids is 1. The molecule has 0 saturated carbocycles. The van der Waals surface area contributed by atoms with E-state index in [1.165, 1.54) is 48.5 Å². The molecule has 0 spiro atoms. The number of phosphoric acid groups is 2. The molecule has 174 valence electrons. The number of carboxylic acid groups (broad SMARTS) is 1. The molecule has 0 aromatic heterocycles. The number of benzene rings is 3. The van der Waals surface area contributed by atoms with Crippen molar-refractivity contribution in [1.29, 1.82) is 0 Å². The molecule has 0 fully saturated rings. The van der Waals surface area contributed by atoms with Gasteiger partial charge in [-0.1, -0.05) is 48.5 Å². The molecule has 0 saturated heterocycles. The van der Waals surface area contributed by atoms with Crippen molar-refractivity contribution in [3.05, 3.63) is 95.1 Å². The number of aliphatic hydroxyl groups is 1. The minimum atomic E-state index is -5.34. The van der Waals surface area contributed by atoms with Crippen LogP contribution in [0.25, 0.3) is 0 Å². The Labute approximate surface area is 329 Å². The van der Waals surface area contributed by atoms with Crippen molar-refractivity contribution in [2.24, 2.45) is 0 Å². The van der Waals surface area contributed by atoms with E-state index in [2.05, 4.69) is 9.05 Å². The third-order valence-corrected chi connectivity index (χ3v) is 5.38. The van der Waals surface area contributed by atoms with Gasteiger partial charge in [0, 0.05) is 11.1 Å². The van der Waals surface area contributed by atoms with Crippen LogP contribution in [-0.2, 0) is 14.7 Å². The summed E-state index contributed by atoms with van der Waals surface area (Å²) in [6, 6.07) is 14.5. The zero-order valence-electron chi connectivity index (χ0n) is 21.4. The molecule has 0 bridgehead atoms. The van der Waals surface area contributed by atoms with Crippen molar-refractivity contribution in [3.63, 3.8) is 0 Å². The fraction of sp³-hybridized carbons (Fsp3) is 0.0500. The maximum absolute atomic E-state index is 11.8. The standard InChI is InChI=1S/C20H18O11P2.5Na/c21-19(22)17-3-1-2-4-18(17)20(23,13-5-9-15(10-6-13)30-32(24,25)26)14-7-11-16(12-8-14)31-33(27,28)29;;;;;/h1-12,23H,(H,21,22)(H2,24,25,26)(H2,27,28,29);;;;;/q;5*+1/p-5. The van der Waals surface area contributed by atoms with E-state index in [0.29, 0.717) is 0 Å². The molecule has 38 heavy (non-hydrogen) atoms. The number of carbonyl (C=O) groups excluding carboxylic acids is 1. The molecule has 0 aliphatic carbocycles. The van der Waals surface area contributed by atoms with Gasteiger partial charge in [-0.3, -0.25) is 0 Å². The predicted octanol–water partition coefficient (Wildman–Crippen LogP) is -16.2. The second-order valence-corrected chi connectivity index (χ2v) is 8.82. The van der Waals surface area contributed by atoms with Gasteiger partial charge in [-0.05, 0) is 35.4 Å². The topological polar surface area (TPSA) is 205 Å². The van der Waals surface area contributed by atoms with Crippen LogP contribution in [0.1, 0.15) is 27.0 Å². The van der Waals surface area contributed by atoms with E-state index in [-0.39, 0.29) is 182 Å². The first-order chi connectivity index (χ1) is 15.3. The average Bonchev–Trinajstić information content (AvgIpc) is 2.72. The molecule has 3 aromatic rings. The number of phosphoric ester groups is 2. The van der Waals surface area contributed by atoms with Crippen LogP contribution in [0.3, 0.4) is 0 Å². The second-order valence-electron chi connectivity index (χ2n) is 6.67. The van der Waals surface area contributed by atoms with Gasteiger partial charge in [-0.15, -0.1) is 0 Å². The Morgan fingerprint density at radius 1 is 0.658 bits per heavy atom. The second kappa shape index (κ2) is 18.6. The van der Waals surface area contributed by atoms with Crippen LogP contribution < -0.4 is 182 Å². The molecule has 3 aromatic carbocycles. The molecule has 0 radical (unpaired) electrons. The smallest absolute Gasteiger partial charge is 0.780 e. The molecule has 0 aliphatic heterocycles. The van der Waals surface area contributed by atoms with Gasteiger partial charge in [0.1, 0.15) is 32.7 Å². The van der Waals surface area contributed by atoms with E-state index in [9.17, 15) is 43.7 Å². The van der Waals surface area contributed by atoms with Gasteiger partial charge >= 0.3 is 148 Å². The number of carboxylic acids is 1. The van der Waals surface area contributed by atoms with Crippen LogP contribution in [0.4, 0.5) is 0 Å². The fourth-order valence-electron chi connectivity index (χ4n) is 3.23. The minimum absolute atomic E-state index is 0. The van der Waals surface area contributed by atoms with E-state index in [1.807, 2.05) is 0 Å². The Morgan fingerprint density at radius 3 is 1.32 bits per heavy atom. The Kier molecular flexibility index (Phi) is 21.8. The van der Waals surface area contributed by atoms with Crippen molar-refractivity contribution in [2.45, 2.75) is 5.60 Å². The third kappa shape index (κ3) is 12.3. The molecule has 0 atom stereocenters. The number of carbonyl (C=O) groups is 1. The van der Waals surface area contributed by atoms with E-state index < -0.39 is 27.2 Å². The maximum atomic E-state index is 11.8. The van der Waals surface area contributed by atoms with Gasteiger partial charge in [0.25, 0.3) is 0 Å². The summed E-state index contributed by atoms with van der Waals surface area (Å²) in [5, 5.41) is 23.5. The SMILES string of the molecule is O=C([O-])c1ccccc1C(O)(c1ccc(OP(=O)([O-])[O-])cc1)c1ccc(OP(=O)([O-])[O-])cc1.[Na+].[Na+].[Na+].[Na+].[Na+]. The number of hydrogen-bond donors (Lipinski definition) is 1. The normalized spacial score (nSPS) is 10.7. The summed E-state index contributed by atoms with van der Waals surface area (Å²) in [6.45, 7) is 0. The van der Waals surface area contributed by atoms with Crippen LogP contribution in [0.5, 0.6) is 11.5 Å². The molecule has 0 aliphatic rings. The van der Waals surface area contributed by atoms with Gasteiger partial charge in [0.15, 0.2) is 0 Å². The van der Waals surface area contributed by atoms with Crippen LogP contribution in [0.2, 0.25) is 0 Å². The van der Waals surface area contributed by atoms with Crippen molar-refractivity contribution in [2.75, 3.05) is 0 Å². The Morgan fingerprint density at radius 2 is 1.00 bits per heavy atom. The fourth-order valence-corrected chi connectivity index (χ4v) is 3.99. The molecule has 0 amide bonds. The van der Waals surface area contributed by atoms with Gasteiger partial charge < -0.3 is 52.8 Å². The van der Waals surface area contributed by atoms with Gasteiger partial charge in [-0.2, -0.15) is 0 Å². The van der Waals surface area contributed by atoms with Crippen LogP contribution >= 0.6 is 15.6 Å². The molecule has 18 heteroatoms. The predicted molar refractivity (Wildman–Crippen MR) is 102 cm³/mol. The molecule has 11 nitrogen and oxygen atoms in total. The van der Waals surface area contributed by atoms with Gasteiger partial charge in [0.2, 0.25) is 0 Å². The monoisotopic (exact) mass is 606 g/mol. The zero-order chi connectivity index (χ0) is 24.4. The minimum Gasteiger partial charge on any atom is -0.780 e. The third-order valence-electron chi connectivity index (χ3n) is 4.52. The quantitative estimate of drug-likeness (QED) is 0.145. The summed E-state index contributed by atoms with van der Waals surface area (Å²) < 4.78 is 30.2.